The summed E-state index contributed by atoms with van der Waals surface area (Å²) in [5.41, 5.74) is 0.906. The highest BCUT2D eigenvalue weighted by molar-refractivity contribution is 7.18. The lowest BCUT2D eigenvalue weighted by Crippen LogP contribution is -2.30. The molecule has 0 spiro atoms. The quantitative estimate of drug-likeness (QED) is 0.500. The number of fused-ring (bicyclic) bond motifs is 1. The highest BCUT2D eigenvalue weighted by Gasteiger charge is 2.18. The van der Waals surface area contributed by atoms with Crippen molar-refractivity contribution in [1.29, 1.82) is 0 Å². The van der Waals surface area contributed by atoms with E-state index in [1.165, 1.54) is 11.3 Å². The van der Waals surface area contributed by atoms with Crippen LogP contribution in [-0.4, -0.2) is 29.3 Å². The van der Waals surface area contributed by atoms with E-state index in [2.05, 4.69) is 15.5 Å². The summed E-state index contributed by atoms with van der Waals surface area (Å²) in [5, 5.41) is 14.2. The number of hydrogen-bond donors (Lipinski definition) is 1. The Labute approximate surface area is 172 Å². The summed E-state index contributed by atoms with van der Waals surface area (Å²) in [7, 11) is 1.62. The zero-order chi connectivity index (χ0) is 20.2. The number of rotatable bonds is 6. The molecule has 1 atom stereocenters. The summed E-state index contributed by atoms with van der Waals surface area (Å²) in [4.78, 5) is 12.6. The summed E-state index contributed by atoms with van der Waals surface area (Å²) in [6.45, 7) is 1.71. The lowest BCUT2D eigenvalue weighted by Gasteiger charge is -2.15. The molecular weight excluding hydrogens is 386 g/mol. The van der Waals surface area contributed by atoms with Crippen LogP contribution in [0.5, 0.6) is 11.5 Å². The van der Waals surface area contributed by atoms with Gasteiger partial charge in [-0.2, -0.15) is 0 Å². The van der Waals surface area contributed by atoms with E-state index in [9.17, 15) is 4.79 Å². The van der Waals surface area contributed by atoms with Gasteiger partial charge in [0.25, 0.3) is 5.91 Å². The number of aromatic nitrogens is 2. The van der Waals surface area contributed by atoms with Gasteiger partial charge in [0.2, 0.25) is 5.13 Å². The number of nitrogens with one attached hydrogen (secondary N) is 1. The molecule has 1 N–H and O–H groups in total. The monoisotopic (exact) mass is 405 g/mol. The fourth-order valence-electron chi connectivity index (χ4n) is 2.87. The first kappa shape index (κ1) is 18.9. The Morgan fingerprint density at radius 3 is 2.55 bits per heavy atom. The largest absolute Gasteiger partial charge is 0.497 e. The SMILES string of the molecule is COc1ccc(-c2nnc(NC(=O)[C@@H](C)Oc3cccc4ccccc34)s2)cc1. The lowest BCUT2D eigenvalue weighted by atomic mass is 10.1. The minimum Gasteiger partial charge on any atom is -0.497 e. The van der Waals surface area contributed by atoms with Gasteiger partial charge < -0.3 is 9.47 Å². The Morgan fingerprint density at radius 2 is 1.76 bits per heavy atom. The topological polar surface area (TPSA) is 73.3 Å². The third-order valence-electron chi connectivity index (χ3n) is 4.41. The van der Waals surface area contributed by atoms with Crippen molar-refractivity contribution < 1.29 is 14.3 Å². The van der Waals surface area contributed by atoms with E-state index in [0.717, 1.165) is 22.1 Å². The third-order valence-corrected chi connectivity index (χ3v) is 5.30. The van der Waals surface area contributed by atoms with Crippen LogP contribution in [0.25, 0.3) is 21.3 Å². The molecule has 1 heterocycles. The summed E-state index contributed by atoms with van der Waals surface area (Å²) >= 11 is 1.30. The first-order valence-electron chi connectivity index (χ1n) is 9.07. The Morgan fingerprint density at radius 1 is 1.00 bits per heavy atom. The lowest BCUT2D eigenvalue weighted by molar-refractivity contribution is -0.122. The summed E-state index contributed by atoms with van der Waals surface area (Å²) in [5.74, 6) is 1.16. The van der Waals surface area contributed by atoms with Crippen LogP contribution in [0.1, 0.15) is 6.92 Å². The number of amides is 1. The minimum absolute atomic E-state index is 0.282. The zero-order valence-corrected chi connectivity index (χ0v) is 16.8. The third kappa shape index (κ3) is 4.20. The van der Waals surface area contributed by atoms with Crippen LogP contribution < -0.4 is 14.8 Å². The second-order valence-corrected chi connectivity index (χ2v) is 7.35. The first-order chi connectivity index (χ1) is 14.1. The molecular formula is C22H19N3O3S. The second-order valence-electron chi connectivity index (χ2n) is 6.37. The Bertz CT molecular complexity index is 1140. The number of anilines is 1. The molecule has 0 saturated carbocycles. The highest BCUT2D eigenvalue weighted by Crippen LogP contribution is 2.29. The van der Waals surface area contributed by atoms with E-state index in [4.69, 9.17) is 9.47 Å². The molecule has 7 heteroatoms. The van der Waals surface area contributed by atoms with Crippen LogP contribution in [0.2, 0.25) is 0 Å². The van der Waals surface area contributed by atoms with Gasteiger partial charge >= 0.3 is 0 Å². The van der Waals surface area contributed by atoms with E-state index in [1.54, 1.807) is 14.0 Å². The highest BCUT2D eigenvalue weighted by atomic mass is 32.1. The molecule has 0 aliphatic carbocycles. The van der Waals surface area contributed by atoms with Crippen molar-refractivity contribution in [3.63, 3.8) is 0 Å². The normalized spacial score (nSPS) is 11.8. The fraction of sp³-hybridized carbons (Fsp3) is 0.136. The summed E-state index contributed by atoms with van der Waals surface area (Å²) in [6, 6.07) is 21.2. The zero-order valence-electron chi connectivity index (χ0n) is 16.0. The van der Waals surface area contributed by atoms with Gasteiger partial charge in [-0.1, -0.05) is 47.7 Å². The second kappa shape index (κ2) is 8.28. The Kier molecular flexibility index (Phi) is 5.39. The molecule has 4 rings (SSSR count). The maximum atomic E-state index is 12.6. The van der Waals surface area contributed by atoms with Gasteiger partial charge in [-0.25, -0.2) is 0 Å². The van der Waals surface area contributed by atoms with E-state index in [1.807, 2.05) is 66.7 Å². The molecule has 0 saturated heterocycles. The number of carbonyl (C=O) groups excluding carboxylic acids is 1. The van der Waals surface area contributed by atoms with Gasteiger partial charge in [0, 0.05) is 10.9 Å². The molecule has 0 unspecified atom stereocenters. The van der Waals surface area contributed by atoms with Crippen molar-refractivity contribution in [3.8, 4) is 22.1 Å². The van der Waals surface area contributed by atoms with Gasteiger partial charge in [-0.05, 0) is 42.6 Å². The van der Waals surface area contributed by atoms with Gasteiger partial charge in [-0.3, -0.25) is 10.1 Å². The maximum Gasteiger partial charge on any atom is 0.266 e. The average molecular weight is 405 g/mol. The average Bonchev–Trinajstić information content (AvgIpc) is 3.22. The van der Waals surface area contributed by atoms with Gasteiger partial charge in [0.05, 0.1) is 7.11 Å². The van der Waals surface area contributed by atoms with Crippen molar-refractivity contribution in [2.75, 3.05) is 12.4 Å². The molecule has 6 nitrogen and oxygen atoms in total. The molecule has 1 aromatic heterocycles. The molecule has 146 valence electrons. The molecule has 1 amide bonds. The summed E-state index contributed by atoms with van der Waals surface area (Å²) < 4.78 is 11.1. The predicted molar refractivity (Wildman–Crippen MR) is 115 cm³/mol. The van der Waals surface area contributed by atoms with Crippen LogP contribution in [-0.2, 0) is 4.79 Å². The molecule has 4 aromatic rings. The van der Waals surface area contributed by atoms with E-state index in [-0.39, 0.29) is 5.91 Å². The van der Waals surface area contributed by atoms with Gasteiger partial charge in [0.15, 0.2) is 6.10 Å². The minimum atomic E-state index is -0.686. The van der Waals surface area contributed by atoms with Gasteiger partial charge in [-0.15, -0.1) is 10.2 Å². The van der Waals surface area contributed by atoms with Crippen molar-refractivity contribution in [3.05, 3.63) is 66.7 Å². The molecule has 0 radical (unpaired) electrons. The van der Waals surface area contributed by atoms with E-state index >= 15 is 0 Å². The molecule has 0 aliphatic rings. The van der Waals surface area contributed by atoms with Crippen LogP contribution in [0.15, 0.2) is 66.7 Å². The van der Waals surface area contributed by atoms with Crippen molar-refractivity contribution in [1.82, 2.24) is 10.2 Å². The van der Waals surface area contributed by atoms with Crippen LogP contribution in [0, 0.1) is 0 Å². The molecule has 0 aliphatic heterocycles. The van der Waals surface area contributed by atoms with Gasteiger partial charge in [0.1, 0.15) is 16.5 Å². The number of carbonyl (C=O) groups is 1. The number of nitrogens with zero attached hydrogens (tertiary/aromatic N) is 2. The number of benzene rings is 3. The van der Waals surface area contributed by atoms with Crippen molar-refractivity contribution >= 4 is 33.1 Å². The fourth-order valence-corrected chi connectivity index (χ4v) is 3.63. The molecule has 3 aromatic carbocycles. The predicted octanol–water partition coefficient (Wildman–Crippen LogP) is 4.77. The first-order valence-corrected chi connectivity index (χ1v) is 9.89. The van der Waals surface area contributed by atoms with Crippen molar-refractivity contribution in [2.45, 2.75) is 13.0 Å². The van der Waals surface area contributed by atoms with Crippen molar-refractivity contribution in [2.24, 2.45) is 0 Å². The number of methoxy groups -OCH3 is 1. The number of ether oxygens (including phenoxy) is 2. The summed E-state index contributed by atoms with van der Waals surface area (Å²) in [6.07, 6.45) is -0.686. The van der Waals surface area contributed by atoms with E-state index in [0.29, 0.717) is 15.9 Å². The van der Waals surface area contributed by atoms with Crippen LogP contribution >= 0.6 is 11.3 Å². The molecule has 0 bridgehead atoms. The Hall–Kier alpha value is -3.45. The maximum absolute atomic E-state index is 12.6. The molecule has 29 heavy (non-hydrogen) atoms. The molecule has 0 fully saturated rings. The number of hydrogen-bond acceptors (Lipinski definition) is 6. The van der Waals surface area contributed by atoms with Crippen LogP contribution in [0.4, 0.5) is 5.13 Å². The standard InChI is InChI=1S/C22H19N3O3S/c1-14(28-19-9-5-7-15-6-3-4-8-18(15)19)20(26)23-22-25-24-21(29-22)16-10-12-17(27-2)13-11-16/h3-14H,1-2H3,(H,23,25,26)/t14-/m1/s1. The van der Waals surface area contributed by atoms with E-state index < -0.39 is 6.10 Å². The smallest absolute Gasteiger partial charge is 0.266 e. The van der Waals surface area contributed by atoms with Crippen LogP contribution in [0.3, 0.4) is 0 Å². The Balaban J connectivity index is 1.44.